The highest BCUT2D eigenvalue weighted by Crippen LogP contribution is 2.16. The van der Waals surface area contributed by atoms with Gasteiger partial charge in [0.15, 0.2) is 5.84 Å². The van der Waals surface area contributed by atoms with Crippen molar-refractivity contribution in [2.45, 2.75) is 38.5 Å². The summed E-state index contributed by atoms with van der Waals surface area (Å²) in [6.45, 7) is 3.18. The van der Waals surface area contributed by atoms with Crippen molar-refractivity contribution >= 4 is 5.84 Å². The van der Waals surface area contributed by atoms with Gasteiger partial charge in [-0.05, 0) is 25.8 Å². The Bertz CT molecular complexity index is 493. The van der Waals surface area contributed by atoms with E-state index in [1.807, 2.05) is 6.92 Å². The molecule has 20 heavy (non-hydrogen) atoms. The van der Waals surface area contributed by atoms with E-state index in [-0.39, 0.29) is 17.5 Å². The Morgan fingerprint density at radius 2 is 2.40 bits per heavy atom. The van der Waals surface area contributed by atoms with Gasteiger partial charge in [0.05, 0.1) is 11.7 Å². The molecule has 2 atom stereocenters. The van der Waals surface area contributed by atoms with E-state index >= 15 is 0 Å². The van der Waals surface area contributed by atoms with Gasteiger partial charge in [-0.15, -0.1) is 0 Å². The monoisotopic (exact) mass is 281 g/mol. The fourth-order valence-corrected chi connectivity index (χ4v) is 2.41. The largest absolute Gasteiger partial charge is 0.409 e. The van der Waals surface area contributed by atoms with Crippen molar-refractivity contribution in [3.63, 3.8) is 0 Å². The zero-order valence-corrected chi connectivity index (χ0v) is 11.5. The highest BCUT2D eigenvalue weighted by molar-refractivity contribution is 5.97. The Hall–Kier alpha value is -1.66. The summed E-state index contributed by atoms with van der Waals surface area (Å²) in [6.07, 6.45) is 2.07. The number of halogens is 1. The van der Waals surface area contributed by atoms with Crippen LogP contribution in [0, 0.1) is 5.82 Å². The van der Waals surface area contributed by atoms with E-state index in [9.17, 15) is 4.39 Å². The number of nitrogens with one attached hydrogen (secondary N) is 1. The average Bonchev–Trinajstić information content (AvgIpc) is 2.45. The van der Waals surface area contributed by atoms with Crippen molar-refractivity contribution in [1.29, 1.82) is 0 Å². The van der Waals surface area contributed by atoms with Crippen molar-refractivity contribution in [2.75, 3.05) is 6.61 Å². The van der Waals surface area contributed by atoms with Crippen molar-refractivity contribution in [3.05, 3.63) is 35.1 Å². The highest BCUT2D eigenvalue weighted by Gasteiger charge is 2.19. The quantitative estimate of drug-likeness (QED) is 0.339. The summed E-state index contributed by atoms with van der Waals surface area (Å²) < 4.78 is 19.7. The number of ether oxygens (including phenoxy) is 1. The number of amidine groups is 1. The molecule has 1 aliphatic heterocycles. The van der Waals surface area contributed by atoms with E-state index in [0.717, 1.165) is 19.4 Å². The lowest BCUT2D eigenvalue weighted by molar-refractivity contribution is 0.0130. The van der Waals surface area contributed by atoms with Gasteiger partial charge >= 0.3 is 0 Å². The molecule has 0 aromatic heterocycles. The molecule has 1 aromatic carbocycles. The van der Waals surface area contributed by atoms with Crippen molar-refractivity contribution in [1.82, 2.24) is 5.32 Å². The number of benzene rings is 1. The Balaban J connectivity index is 2.03. The third-order valence-corrected chi connectivity index (χ3v) is 3.53. The number of oxime groups is 1. The molecule has 0 saturated carbocycles. The van der Waals surface area contributed by atoms with E-state index in [2.05, 4.69) is 10.5 Å². The lowest BCUT2D eigenvalue weighted by atomic mass is 10.0. The molecule has 0 radical (unpaired) electrons. The molecule has 5 nitrogen and oxygen atoms in total. The normalized spacial score (nSPS) is 23.8. The number of nitrogens with two attached hydrogens (primary N) is 1. The molecule has 1 fully saturated rings. The zero-order valence-electron chi connectivity index (χ0n) is 11.5. The van der Waals surface area contributed by atoms with Gasteiger partial charge in [-0.2, -0.15) is 0 Å². The fourth-order valence-electron chi connectivity index (χ4n) is 2.41. The second-order valence-electron chi connectivity index (χ2n) is 5.05. The summed E-state index contributed by atoms with van der Waals surface area (Å²) in [5.74, 6) is -0.667. The van der Waals surface area contributed by atoms with Crippen LogP contribution in [0.25, 0.3) is 0 Å². The SMILES string of the molecule is CC1CC(NCc2cccc(/C(N)=N/O)c2F)CCO1. The molecule has 0 aliphatic carbocycles. The fraction of sp³-hybridized carbons (Fsp3) is 0.500. The second kappa shape index (κ2) is 6.67. The molecular formula is C14H20FN3O2. The second-order valence-corrected chi connectivity index (χ2v) is 5.05. The van der Waals surface area contributed by atoms with Crippen molar-refractivity contribution in [2.24, 2.45) is 10.9 Å². The van der Waals surface area contributed by atoms with Gasteiger partial charge in [-0.3, -0.25) is 0 Å². The zero-order chi connectivity index (χ0) is 14.5. The van der Waals surface area contributed by atoms with Gasteiger partial charge in [0.25, 0.3) is 0 Å². The lowest BCUT2D eigenvalue weighted by Crippen LogP contribution is -2.37. The predicted molar refractivity (Wildman–Crippen MR) is 74.2 cm³/mol. The van der Waals surface area contributed by atoms with Gasteiger partial charge in [0, 0.05) is 24.8 Å². The van der Waals surface area contributed by atoms with Crippen LogP contribution in [0.2, 0.25) is 0 Å². The van der Waals surface area contributed by atoms with Crippen LogP contribution in [0.4, 0.5) is 4.39 Å². The molecule has 6 heteroatoms. The van der Waals surface area contributed by atoms with Gasteiger partial charge < -0.3 is 21.0 Å². The summed E-state index contributed by atoms with van der Waals surface area (Å²) in [7, 11) is 0. The highest BCUT2D eigenvalue weighted by atomic mass is 19.1. The molecule has 0 bridgehead atoms. The Morgan fingerprint density at radius 1 is 1.60 bits per heavy atom. The minimum Gasteiger partial charge on any atom is -0.409 e. The first-order valence-electron chi connectivity index (χ1n) is 6.72. The van der Waals surface area contributed by atoms with Crippen LogP contribution >= 0.6 is 0 Å². The van der Waals surface area contributed by atoms with Crippen LogP contribution in [0.5, 0.6) is 0 Å². The number of nitrogens with zero attached hydrogens (tertiary/aromatic N) is 1. The van der Waals surface area contributed by atoms with Gasteiger partial charge in [0.1, 0.15) is 5.82 Å². The lowest BCUT2D eigenvalue weighted by Gasteiger charge is -2.28. The number of rotatable bonds is 4. The van der Waals surface area contributed by atoms with Crippen LogP contribution < -0.4 is 11.1 Å². The first-order valence-corrected chi connectivity index (χ1v) is 6.72. The standard InChI is InChI=1S/C14H20FN3O2/c1-9-7-11(5-6-20-9)17-8-10-3-2-4-12(13(10)15)14(16)18-19/h2-4,9,11,17,19H,5-8H2,1H3,(H2,16,18). The first kappa shape index (κ1) is 14.7. The Labute approximate surface area is 117 Å². The van der Waals surface area contributed by atoms with E-state index in [1.165, 1.54) is 6.07 Å². The van der Waals surface area contributed by atoms with E-state index < -0.39 is 5.82 Å². The van der Waals surface area contributed by atoms with Gasteiger partial charge in [-0.25, -0.2) is 4.39 Å². The maximum Gasteiger partial charge on any atom is 0.173 e. The smallest absolute Gasteiger partial charge is 0.173 e. The molecule has 1 aliphatic rings. The van der Waals surface area contributed by atoms with Crippen LogP contribution in [0.3, 0.4) is 0 Å². The average molecular weight is 281 g/mol. The third-order valence-electron chi connectivity index (χ3n) is 3.53. The molecule has 110 valence electrons. The van der Waals surface area contributed by atoms with E-state index in [0.29, 0.717) is 18.2 Å². The topological polar surface area (TPSA) is 79.9 Å². The van der Waals surface area contributed by atoms with Crippen LogP contribution in [0.1, 0.15) is 30.9 Å². The van der Waals surface area contributed by atoms with E-state index in [4.69, 9.17) is 15.7 Å². The first-order chi connectivity index (χ1) is 9.61. The van der Waals surface area contributed by atoms with Crippen molar-refractivity contribution in [3.8, 4) is 0 Å². The molecule has 2 rings (SSSR count). The van der Waals surface area contributed by atoms with Gasteiger partial charge in [0.2, 0.25) is 0 Å². The molecular weight excluding hydrogens is 261 g/mol. The Morgan fingerprint density at radius 3 is 3.10 bits per heavy atom. The third kappa shape index (κ3) is 3.46. The maximum atomic E-state index is 14.2. The number of hydrogen-bond donors (Lipinski definition) is 3. The summed E-state index contributed by atoms with van der Waals surface area (Å²) in [5.41, 5.74) is 6.07. The van der Waals surface area contributed by atoms with Gasteiger partial charge in [-0.1, -0.05) is 17.3 Å². The van der Waals surface area contributed by atoms with Crippen LogP contribution in [0.15, 0.2) is 23.4 Å². The van der Waals surface area contributed by atoms with Crippen LogP contribution in [-0.2, 0) is 11.3 Å². The predicted octanol–water partition coefficient (Wildman–Crippen LogP) is 1.58. The number of hydrogen-bond acceptors (Lipinski definition) is 4. The molecule has 4 N–H and O–H groups in total. The van der Waals surface area contributed by atoms with Crippen molar-refractivity contribution < 1.29 is 14.3 Å². The molecule has 0 spiro atoms. The molecule has 1 aromatic rings. The molecule has 1 heterocycles. The summed E-state index contributed by atoms with van der Waals surface area (Å²) in [4.78, 5) is 0. The summed E-state index contributed by atoms with van der Waals surface area (Å²) >= 11 is 0. The summed E-state index contributed by atoms with van der Waals surface area (Å²) in [5, 5.41) is 14.8. The Kier molecular flexibility index (Phi) is 4.92. The minimum atomic E-state index is -0.449. The minimum absolute atomic E-state index is 0.118. The molecule has 2 unspecified atom stereocenters. The summed E-state index contributed by atoms with van der Waals surface area (Å²) in [6, 6.07) is 5.20. The maximum absolute atomic E-state index is 14.2. The molecule has 1 saturated heterocycles. The van der Waals surface area contributed by atoms with Crippen LogP contribution in [-0.4, -0.2) is 29.8 Å². The molecule has 0 amide bonds. The van der Waals surface area contributed by atoms with E-state index in [1.54, 1.807) is 12.1 Å².